The quantitative estimate of drug-likeness (QED) is 0.105. The van der Waals surface area contributed by atoms with Crippen LogP contribution in [0, 0.1) is 46.3 Å². The molecule has 27 atom stereocenters. The summed E-state index contributed by atoms with van der Waals surface area (Å²) in [5, 5.41) is 117. The van der Waals surface area contributed by atoms with Gasteiger partial charge in [-0.3, -0.25) is 4.79 Å². The second-order valence-electron chi connectivity index (χ2n) is 21.1. The second-order valence-corrected chi connectivity index (χ2v) is 21.1. The minimum Gasteiger partial charge on any atom is -0.394 e. The first-order valence-corrected chi connectivity index (χ1v) is 23.6. The van der Waals surface area contributed by atoms with Crippen molar-refractivity contribution in [1.82, 2.24) is 0 Å². The van der Waals surface area contributed by atoms with Crippen molar-refractivity contribution >= 4 is 5.78 Å². The molecule has 0 amide bonds. The number of aliphatic hydroxyl groups is 11. The number of hydrogen-bond donors (Lipinski definition) is 11. The summed E-state index contributed by atoms with van der Waals surface area (Å²) in [7, 11) is 0. The smallest absolute Gasteiger partial charge is 0.187 e. The first-order valence-electron chi connectivity index (χ1n) is 23.6. The average Bonchev–Trinajstić information content (AvgIpc) is 3.73. The highest BCUT2D eigenvalue weighted by molar-refractivity contribution is 5.87. The van der Waals surface area contributed by atoms with Crippen LogP contribution < -0.4 is 0 Å². The highest BCUT2D eigenvalue weighted by Crippen LogP contribution is 2.69. The number of Topliss-reactive ketones (excluding diaryl/α,β-unsaturated/α-hetero) is 1. The van der Waals surface area contributed by atoms with Gasteiger partial charge in [0.1, 0.15) is 79.0 Å². The molecule has 1 spiro atoms. The third-order valence-electron chi connectivity index (χ3n) is 17.7. The molecular weight excluding hydrogens is 860 g/mol. The van der Waals surface area contributed by atoms with Gasteiger partial charge in [-0.1, -0.05) is 39.3 Å². The maximum Gasteiger partial charge on any atom is 0.187 e. The molecule has 5 saturated heterocycles. The van der Waals surface area contributed by atoms with Gasteiger partial charge in [0.15, 0.2) is 24.7 Å². The molecular formula is C45H70O20. The molecule has 370 valence electrons. The van der Waals surface area contributed by atoms with E-state index in [4.69, 9.17) is 37.9 Å². The molecule has 8 fully saturated rings. The van der Waals surface area contributed by atoms with Gasteiger partial charge in [-0.2, -0.15) is 0 Å². The first-order chi connectivity index (χ1) is 30.8. The zero-order valence-electron chi connectivity index (χ0n) is 37.3. The molecule has 65 heavy (non-hydrogen) atoms. The second kappa shape index (κ2) is 18.1. The van der Waals surface area contributed by atoms with E-state index in [-0.39, 0.29) is 52.8 Å². The molecule has 5 heterocycles. The number of ketones is 1. The average molecular weight is 931 g/mol. The molecule has 3 saturated carbocycles. The lowest BCUT2D eigenvalue weighted by atomic mass is 9.46. The molecule has 20 heteroatoms. The molecule has 0 bridgehead atoms. The number of carbonyl (C=O) groups excluding carboxylic acids is 1. The van der Waals surface area contributed by atoms with Gasteiger partial charge < -0.3 is 94.1 Å². The predicted octanol–water partition coefficient (Wildman–Crippen LogP) is -2.66. The van der Waals surface area contributed by atoms with Crippen LogP contribution in [0.3, 0.4) is 0 Å². The van der Waals surface area contributed by atoms with E-state index in [1.807, 2.05) is 6.92 Å². The molecule has 0 radical (unpaired) electrons. The minimum atomic E-state index is -1.91. The number of fused-ring (bicyclic) bond motifs is 7. The fourth-order valence-electron chi connectivity index (χ4n) is 13.8. The number of carbonyl (C=O) groups is 1. The maximum absolute atomic E-state index is 14.6. The van der Waals surface area contributed by atoms with E-state index in [0.29, 0.717) is 38.7 Å². The molecule has 9 rings (SSSR count). The molecule has 11 N–H and O–H groups in total. The summed E-state index contributed by atoms with van der Waals surface area (Å²) < 4.78 is 48.4. The Bertz CT molecular complexity index is 1750. The van der Waals surface area contributed by atoms with Crippen molar-refractivity contribution in [3.8, 4) is 0 Å². The molecule has 4 aliphatic carbocycles. The Kier molecular flexibility index (Phi) is 13.6. The number of allylic oxidation sites excluding steroid dienone is 1. The van der Waals surface area contributed by atoms with Crippen LogP contribution >= 0.6 is 0 Å². The standard InChI is InChI=1S/C45H70O20/c1-17-16-58-45(12-24(17)49)18(2)30-25(65-45)10-23-21-6-5-19-9-20(7-8-43(19,3)22(21)11-29(50)44(23,30)4)59-40-37(57)35(55)38(28(15-48)62-40)63-42-39(34(54)32(52)27(14-47)61-42)64-41-36(56)33(53)31(51)26(13-46)60-41/h5,17-18,20-28,30-42,46-49,51-57H,6-16H2,1-4H3/t17-,18+,20-,21+,22-,23+,24+,25+,26-,27-,28+,30-,31-,32-,33+,34+,35+,36-,37+,38-,39-,40+,41-,42+,43+,44-,45-/m1/s1. The van der Waals surface area contributed by atoms with Crippen molar-refractivity contribution in [3.05, 3.63) is 11.6 Å². The predicted molar refractivity (Wildman–Crippen MR) is 217 cm³/mol. The Morgan fingerprint density at radius 3 is 1.98 bits per heavy atom. The molecule has 0 aromatic rings. The zero-order chi connectivity index (χ0) is 46.7. The molecule has 20 nitrogen and oxygen atoms in total. The summed E-state index contributed by atoms with van der Waals surface area (Å²) in [4.78, 5) is 14.6. The van der Waals surface area contributed by atoms with E-state index in [1.54, 1.807) is 0 Å². The molecule has 5 aliphatic heterocycles. The minimum absolute atomic E-state index is 0.00712. The number of aliphatic hydroxyl groups excluding tert-OH is 11. The van der Waals surface area contributed by atoms with Crippen molar-refractivity contribution in [2.75, 3.05) is 26.4 Å². The van der Waals surface area contributed by atoms with E-state index in [9.17, 15) is 61.0 Å². The van der Waals surface area contributed by atoms with Gasteiger partial charge in [-0.15, -0.1) is 0 Å². The zero-order valence-corrected chi connectivity index (χ0v) is 37.3. The van der Waals surface area contributed by atoms with Crippen LogP contribution in [0.25, 0.3) is 0 Å². The van der Waals surface area contributed by atoms with Crippen LogP contribution in [-0.2, 0) is 42.7 Å². The Morgan fingerprint density at radius 2 is 1.31 bits per heavy atom. The fourth-order valence-corrected chi connectivity index (χ4v) is 13.8. The lowest BCUT2D eigenvalue weighted by Gasteiger charge is -2.58. The monoisotopic (exact) mass is 930 g/mol. The van der Waals surface area contributed by atoms with Gasteiger partial charge in [0.25, 0.3) is 0 Å². The van der Waals surface area contributed by atoms with Crippen molar-refractivity contribution in [2.45, 2.75) is 189 Å². The van der Waals surface area contributed by atoms with E-state index in [0.717, 1.165) is 18.4 Å². The summed E-state index contributed by atoms with van der Waals surface area (Å²) in [6.07, 6.45) is -19.9. The van der Waals surface area contributed by atoms with Crippen LogP contribution in [0.5, 0.6) is 0 Å². The lowest BCUT2D eigenvalue weighted by Crippen LogP contribution is -2.67. The van der Waals surface area contributed by atoms with Gasteiger partial charge in [-0.25, -0.2) is 0 Å². The van der Waals surface area contributed by atoms with E-state index >= 15 is 0 Å². The molecule has 0 unspecified atom stereocenters. The number of hydrogen-bond acceptors (Lipinski definition) is 20. The number of ether oxygens (including phenoxy) is 8. The fraction of sp³-hybridized carbons (Fsp3) is 0.933. The van der Waals surface area contributed by atoms with Crippen LogP contribution in [0.1, 0.15) is 72.6 Å². The summed E-state index contributed by atoms with van der Waals surface area (Å²) in [6, 6.07) is 0. The van der Waals surface area contributed by atoms with E-state index < -0.39 is 135 Å². The topological polar surface area (TPSA) is 313 Å². The SMILES string of the molecule is C[C@@H]1CO[C@]2(C[C@@H]1O)O[C@H]1C[C@H]3[C@H]4CC=C5C[C@H](O[C@H]6O[C@@H](CO)[C@@H](O[C@@H]7O[C@H](CO)[C@@H](O)[C@H](O)[C@H]7O[C@H]7O[C@H](CO)[C@@H](O)[C@H](O)[C@H]7O)[C@@H](O)[C@@H]6O)CC[C@]5(C)[C@@H]4CC(=O)[C@]3(C)[C@@H]1[C@@H]2C. The van der Waals surface area contributed by atoms with Gasteiger partial charge in [0.2, 0.25) is 0 Å². The van der Waals surface area contributed by atoms with Crippen LogP contribution in [0.15, 0.2) is 11.6 Å². The van der Waals surface area contributed by atoms with Crippen molar-refractivity contribution in [1.29, 1.82) is 0 Å². The largest absolute Gasteiger partial charge is 0.394 e. The third-order valence-corrected chi connectivity index (χ3v) is 17.7. The van der Waals surface area contributed by atoms with Gasteiger partial charge in [-0.05, 0) is 55.3 Å². The highest BCUT2D eigenvalue weighted by atomic mass is 16.8. The van der Waals surface area contributed by atoms with Gasteiger partial charge >= 0.3 is 0 Å². The maximum atomic E-state index is 14.6. The van der Waals surface area contributed by atoms with Gasteiger partial charge in [0, 0.05) is 36.0 Å². The van der Waals surface area contributed by atoms with Crippen LogP contribution in [0.4, 0.5) is 0 Å². The molecule has 0 aromatic heterocycles. The first kappa shape index (κ1) is 48.7. The van der Waals surface area contributed by atoms with Crippen LogP contribution in [0.2, 0.25) is 0 Å². The highest BCUT2D eigenvalue weighted by Gasteiger charge is 2.72. The van der Waals surface area contributed by atoms with Gasteiger partial charge in [0.05, 0.1) is 44.7 Å². The summed E-state index contributed by atoms with van der Waals surface area (Å²) in [5.41, 5.74) is 0.308. The van der Waals surface area contributed by atoms with E-state index in [2.05, 4.69) is 26.8 Å². The third kappa shape index (κ3) is 7.82. The summed E-state index contributed by atoms with van der Waals surface area (Å²) in [6.45, 7) is 6.56. The summed E-state index contributed by atoms with van der Waals surface area (Å²) >= 11 is 0. The Labute approximate surface area is 377 Å². The molecule has 9 aliphatic rings. The Hall–Kier alpha value is -1.35. The summed E-state index contributed by atoms with van der Waals surface area (Å²) in [5.74, 6) is -0.146. The molecule has 0 aromatic carbocycles. The van der Waals surface area contributed by atoms with Crippen molar-refractivity contribution < 1.29 is 98.9 Å². The van der Waals surface area contributed by atoms with E-state index in [1.165, 1.54) is 0 Å². The van der Waals surface area contributed by atoms with Crippen LogP contribution in [-0.4, -0.2) is 205 Å². The lowest BCUT2D eigenvalue weighted by molar-refractivity contribution is -0.390. The van der Waals surface area contributed by atoms with Crippen molar-refractivity contribution in [3.63, 3.8) is 0 Å². The normalized spacial score (nSPS) is 56.7. The number of rotatable bonds is 9. The Morgan fingerprint density at radius 1 is 0.708 bits per heavy atom. The Balaban J connectivity index is 0.859. The van der Waals surface area contributed by atoms with Crippen molar-refractivity contribution in [2.24, 2.45) is 46.3 Å².